The van der Waals surface area contributed by atoms with E-state index in [1.807, 2.05) is 37.1 Å². The van der Waals surface area contributed by atoms with E-state index in [0.29, 0.717) is 5.92 Å². The molecule has 0 spiro atoms. The predicted octanol–water partition coefficient (Wildman–Crippen LogP) is 2.07. The van der Waals surface area contributed by atoms with Gasteiger partial charge in [-0.3, -0.25) is 4.98 Å². The zero-order valence-electron chi connectivity index (χ0n) is 11.0. The van der Waals surface area contributed by atoms with Crippen molar-refractivity contribution in [1.29, 1.82) is 0 Å². The molecule has 0 aliphatic carbocycles. The van der Waals surface area contributed by atoms with E-state index in [2.05, 4.69) is 33.7 Å². The summed E-state index contributed by atoms with van der Waals surface area (Å²) >= 11 is 0. The van der Waals surface area contributed by atoms with Crippen LogP contribution in [-0.2, 0) is 13.1 Å². The molecule has 2 rings (SSSR count). The Morgan fingerprint density at radius 3 is 2.72 bits per heavy atom. The number of nitrogens with one attached hydrogen (secondary N) is 1. The van der Waals surface area contributed by atoms with Gasteiger partial charge in [-0.15, -0.1) is 0 Å². The maximum Gasteiger partial charge on any atom is 0.0951 e. The number of aromatic nitrogens is 3. The van der Waals surface area contributed by atoms with Crippen LogP contribution in [0.3, 0.4) is 0 Å². The molecule has 4 heteroatoms. The van der Waals surface area contributed by atoms with Crippen LogP contribution >= 0.6 is 0 Å². The zero-order chi connectivity index (χ0) is 12.8. The number of hydrogen-bond acceptors (Lipinski definition) is 3. The number of rotatable bonds is 6. The molecule has 2 heterocycles. The second-order valence-corrected chi connectivity index (χ2v) is 4.89. The summed E-state index contributed by atoms with van der Waals surface area (Å²) in [5.41, 5.74) is 2.46. The minimum absolute atomic E-state index is 0.668. The van der Waals surface area contributed by atoms with Crippen molar-refractivity contribution in [3.05, 3.63) is 48.3 Å². The van der Waals surface area contributed by atoms with Gasteiger partial charge in [-0.2, -0.15) is 0 Å². The van der Waals surface area contributed by atoms with Crippen molar-refractivity contribution >= 4 is 0 Å². The van der Waals surface area contributed by atoms with Crippen LogP contribution in [0, 0.1) is 5.92 Å². The summed E-state index contributed by atoms with van der Waals surface area (Å²) in [6.45, 7) is 7.16. The SMILES string of the molecule is CC(C)CNCc1cncn1Cc1ccncc1. The van der Waals surface area contributed by atoms with E-state index in [-0.39, 0.29) is 0 Å². The molecule has 1 N–H and O–H groups in total. The van der Waals surface area contributed by atoms with Crippen LogP contribution in [-0.4, -0.2) is 21.1 Å². The Morgan fingerprint density at radius 2 is 2.00 bits per heavy atom. The van der Waals surface area contributed by atoms with E-state index < -0.39 is 0 Å². The molecule has 0 atom stereocenters. The van der Waals surface area contributed by atoms with Gasteiger partial charge < -0.3 is 9.88 Å². The van der Waals surface area contributed by atoms with Crippen molar-refractivity contribution in [3.63, 3.8) is 0 Å². The third-order valence-corrected chi connectivity index (χ3v) is 2.76. The third-order valence-electron chi connectivity index (χ3n) is 2.76. The molecule has 18 heavy (non-hydrogen) atoms. The van der Waals surface area contributed by atoms with Crippen LogP contribution in [0.4, 0.5) is 0 Å². The zero-order valence-corrected chi connectivity index (χ0v) is 11.0. The van der Waals surface area contributed by atoms with Gasteiger partial charge in [0, 0.05) is 31.7 Å². The van der Waals surface area contributed by atoms with Crippen LogP contribution in [0.25, 0.3) is 0 Å². The quantitative estimate of drug-likeness (QED) is 0.846. The van der Waals surface area contributed by atoms with Gasteiger partial charge in [0.1, 0.15) is 0 Å². The van der Waals surface area contributed by atoms with Gasteiger partial charge >= 0.3 is 0 Å². The molecule has 2 aromatic heterocycles. The lowest BCUT2D eigenvalue weighted by Crippen LogP contribution is -2.20. The summed E-state index contributed by atoms with van der Waals surface area (Å²) in [4.78, 5) is 8.25. The van der Waals surface area contributed by atoms with Crippen LogP contribution < -0.4 is 5.32 Å². The van der Waals surface area contributed by atoms with Crippen molar-refractivity contribution < 1.29 is 0 Å². The highest BCUT2D eigenvalue weighted by Gasteiger charge is 2.03. The van der Waals surface area contributed by atoms with Crippen molar-refractivity contribution in [2.24, 2.45) is 5.92 Å². The fraction of sp³-hybridized carbons (Fsp3) is 0.429. The van der Waals surface area contributed by atoms with Crippen molar-refractivity contribution in [1.82, 2.24) is 19.9 Å². The Kier molecular flexibility index (Phi) is 4.47. The molecule has 0 radical (unpaired) electrons. The summed E-state index contributed by atoms with van der Waals surface area (Å²) < 4.78 is 2.17. The molecule has 4 nitrogen and oxygen atoms in total. The Morgan fingerprint density at radius 1 is 1.22 bits per heavy atom. The minimum atomic E-state index is 0.668. The van der Waals surface area contributed by atoms with Gasteiger partial charge in [0.05, 0.1) is 12.0 Å². The molecule has 2 aromatic rings. The van der Waals surface area contributed by atoms with Gasteiger partial charge in [-0.05, 0) is 30.2 Å². The first-order valence-corrected chi connectivity index (χ1v) is 6.34. The molecule has 0 saturated carbocycles. The summed E-state index contributed by atoms with van der Waals surface area (Å²) in [5, 5.41) is 3.44. The lowest BCUT2D eigenvalue weighted by atomic mass is 10.2. The second-order valence-electron chi connectivity index (χ2n) is 4.89. The summed E-state index contributed by atoms with van der Waals surface area (Å²) in [7, 11) is 0. The van der Waals surface area contributed by atoms with Gasteiger partial charge in [0.25, 0.3) is 0 Å². The number of nitrogens with zero attached hydrogens (tertiary/aromatic N) is 3. The first-order chi connectivity index (χ1) is 8.75. The normalized spacial score (nSPS) is 11.1. The fourth-order valence-corrected chi connectivity index (χ4v) is 1.81. The molecule has 0 unspecified atom stereocenters. The van der Waals surface area contributed by atoms with Gasteiger partial charge in [-0.25, -0.2) is 4.98 Å². The highest BCUT2D eigenvalue weighted by Crippen LogP contribution is 2.05. The second kappa shape index (κ2) is 6.31. The van der Waals surface area contributed by atoms with Crippen molar-refractivity contribution in [2.45, 2.75) is 26.9 Å². The molecule has 0 saturated heterocycles. The van der Waals surface area contributed by atoms with Gasteiger partial charge in [0.2, 0.25) is 0 Å². The average molecular weight is 244 g/mol. The van der Waals surface area contributed by atoms with E-state index in [9.17, 15) is 0 Å². The number of hydrogen-bond donors (Lipinski definition) is 1. The molecule has 0 amide bonds. The van der Waals surface area contributed by atoms with Crippen LogP contribution in [0.5, 0.6) is 0 Å². The number of pyridine rings is 1. The van der Waals surface area contributed by atoms with Crippen molar-refractivity contribution in [3.8, 4) is 0 Å². The monoisotopic (exact) mass is 244 g/mol. The largest absolute Gasteiger partial charge is 0.329 e. The highest BCUT2D eigenvalue weighted by atomic mass is 15.1. The van der Waals surface area contributed by atoms with E-state index in [4.69, 9.17) is 0 Å². The molecule has 0 aromatic carbocycles. The summed E-state index contributed by atoms with van der Waals surface area (Å²) in [5.74, 6) is 0.668. The third kappa shape index (κ3) is 3.67. The molecular formula is C14H20N4. The van der Waals surface area contributed by atoms with E-state index in [1.54, 1.807) is 0 Å². The highest BCUT2D eigenvalue weighted by molar-refractivity contribution is 5.12. The fourth-order valence-electron chi connectivity index (χ4n) is 1.81. The minimum Gasteiger partial charge on any atom is -0.329 e. The first kappa shape index (κ1) is 12.8. The topological polar surface area (TPSA) is 42.7 Å². The standard InChI is InChI=1S/C14H20N4/c1-12(2)7-16-8-14-9-17-11-18(14)10-13-3-5-15-6-4-13/h3-6,9,11-12,16H,7-8,10H2,1-2H3. The van der Waals surface area contributed by atoms with Crippen LogP contribution in [0.15, 0.2) is 37.1 Å². The maximum absolute atomic E-state index is 4.22. The van der Waals surface area contributed by atoms with E-state index in [1.165, 1.54) is 11.3 Å². The molecule has 96 valence electrons. The first-order valence-electron chi connectivity index (χ1n) is 6.34. The molecule has 0 aliphatic rings. The van der Waals surface area contributed by atoms with E-state index in [0.717, 1.165) is 19.6 Å². The summed E-state index contributed by atoms with van der Waals surface area (Å²) in [6, 6.07) is 4.07. The lowest BCUT2D eigenvalue weighted by Gasteiger charge is -2.10. The molecule has 0 aliphatic heterocycles. The van der Waals surface area contributed by atoms with Crippen molar-refractivity contribution in [2.75, 3.05) is 6.54 Å². The van der Waals surface area contributed by atoms with Gasteiger partial charge in [0.15, 0.2) is 0 Å². The van der Waals surface area contributed by atoms with Gasteiger partial charge in [-0.1, -0.05) is 13.8 Å². The molecule has 0 fully saturated rings. The molecule has 0 bridgehead atoms. The Hall–Kier alpha value is -1.68. The predicted molar refractivity (Wildman–Crippen MR) is 72.1 cm³/mol. The maximum atomic E-state index is 4.22. The Balaban J connectivity index is 1.95. The van der Waals surface area contributed by atoms with Crippen LogP contribution in [0.1, 0.15) is 25.1 Å². The van der Waals surface area contributed by atoms with E-state index >= 15 is 0 Å². The average Bonchev–Trinajstić information content (AvgIpc) is 2.78. The molecular weight excluding hydrogens is 224 g/mol. The number of imidazole rings is 1. The lowest BCUT2D eigenvalue weighted by molar-refractivity contribution is 0.539. The Labute approximate surface area is 108 Å². The Bertz CT molecular complexity index is 462. The van der Waals surface area contributed by atoms with Crippen LogP contribution in [0.2, 0.25) is 0 Å². The summed E-state index contributed by atoms with van der Waals surface area (Å²) in [6.07, 6.45) is 7.45. The smallest absolute Gasteiger partial charge is 0.0951 e.